The van der Waals surface area contributed by atoms with Crippen molar-refractivity contribution in [3.05, 3.63) is 42.5 Å². The van der Waals surface area contributed by atoms with Crippen LogP contribution in [0.25, 0.3) is 10.8 Å². The van der Waals surface area contributed by atoms with E-state index in [9.17, 15) is 0 Å². The molecule has 0 saturated heterocycles. The predicted octanol–water partition coefficient (Wildman–Crippen LogP) is 3.67. The van der Waals surface area contributed by atoms with Crippen molar-refractivity contribution in [2.45, 2.75) is 12.8 Å². The molecule has 1 nitrogen and oxygen atoms in total. The van der Waals surface area contributed by atoms with Gasteiger partial charge in [0.15, 0.2) is 0 Å². The molecule has 1 N–H and O–H groups in total. The maximum atomic E-state index is 5.20. The Kier molecular flexibility index (Phi) is 3.46. The molecule has 2 aromatic carbocycles. The Morgan fingerprint density at radius 3 is 2.69 bits per heavy atom. The van der Waals surface area contributed by atoms with Crippen molar-refractivity contribution in [1.29, 1.82) is 0 Å². The van der Waals surface area contributed by atoms with E-state index < -0.39 is 0 Å². The zero-order chi connectivity index (χ0) is 11.2. The molecule has 0 amide bonds. The number of fused-ring (bicyclic) bond motifs is 1. The molecule has 2 aromatic rings. The Morgan fingerprint density at radius 2 is 1.88 bits per heavy atom. The van der Waals surface area contributed by atoms with Crippen LogP contribution in [0.5, 0.6) is 0 Å². The third-order valence-electron chi connectivity index (χ3n) is 2.58. The fourth-order valence-corrected chi connectivity index (χ4v) is 1.72. The van der Waals surface area contributed by atoms with Crippen LogP contribution in [0, 0.1) is 12.3 Å². The largest absolute Gasteiger partial charge is 0.385 e. The van der Waals surface area contributed by atoms with Crippen LogP contribution in [0.2, 0.25) is 0 Å². The number of terminal acetylenes is 1. The van der Waals surface area contributed by atoms with E-state index in [1.165, 1.54) is 10.8 Å². The fraction of sp³-hybridized carbons (Fsp3) is 0.200. The minimum absolute atomic E-state index is 0.834. The van der Waals surface area contributed by atoms with E-state index in [2.05, 4.69) is 53.7 Å². The molecule has 0 bridgehead atoms. The Labute approximate surface area is 96.5 Å². The van der Waals surface area contributed by atoms with Crippen molar-refractivity contribution in [2.75, 3.05) is 11.9 Å². The van der Waals surface area contributed by atoms with E-state index in [1.807, 2.05) is 0 Å². The summed E-state index contributed by atoms with van der Waals surface area (Å²) in [6.07, 6.45) is 7.06. The van der Waals surface area contributed by atoms with Gasteiger partial charge in [0.1, 0.15) is 0 Å². The minimum atomic E-state index is 0.834. The highest BCUT2D eigenvalue weighted by atomic mass is 14.9. The van der Waals surface area contributed by atoms with Crippen molar-refractivity contribution >= 4 is 16.5 Å². The molecule has 0 spiro atoms. The van der Waals surface area contributed by atoms with Gasteiger partial charge in [-0.15, -0.1) is 12.3 Å². The molecule has 2 rings (SSSR count). The third kappa shape index (κ3) is 2.55. The third-order valence-corrected chi connectivity index (χ3v) is 2.58. The lowest BCUT2D eigenvalue weighted by Gasteiger charge is -2.06. The molecule has 0 aliphatic carbocycles. The van der Waals surface area contributed by atoms with Gasteiger partial charge < -0.3 is 5.32 Å². The molecule has 0 saturated carbocycles. The number of anilines is 1. The van der Waals surface area contributed by atoms with Crippen molar-refractivity contribution in [3.63, 3.8) is 0 Å². The lowest BCUT2D eigenvalue weighted by atomic mass is 10.1. The molecular formula is C15H15N. The van der Waals surface area contributed by atoms with Crippen molar-refractivity contribution in [2.24, 2.45) is 0 Å². The lowest BCUT2D eigenvalue weighted by molar-refractivity contribution is 0.907. The molecule has 80 valence electrons. The summed E-state index contributed by atoms with van der Waals surface area (Å²) in [7, 11) is 0. The number of hydrogen-bond acceptors (Lipinski definition) is 1. The summed E-state index contributed by atoms with van der Waals surface area (Å²) in [4.78, 5) is 0. The predicted molar refractivity (Wildman–Crippen MR) is 70.5 cm³/mol. The van der Waals surface area contributed by atoms with E-state index in [-0.39, 0.29) is 0 Å². The van der Waals surface area contributed by atoms with Gasteiger partial charge in [0, 0.05) is 18.7 Å². The zero-order valence-electron chi connectivity index (χ0n) is 9.24. The van der Waals surface area contributed by atoms with E-state index >= 15 is 0 Å². The number of nitrogens with one attached hydrogen (secondary N) is 1. The van der Waals surface area contributed by atoms with Crippen molar-refractivity contribution < 1.29 is 0 Å². The summed E-state index contributed by atoms with van der Waals surface area (Å²) >= 11 is 0. The normalized spacial score (nSPS) is 9.94. The Bertz CT molecular complexity index is 508. The van der Waals surface area contributed by atoms with Gasteiger partial charge in [-0.2, -0.15) is 0 Å². The molecule has 0 aliphatic rings. The van der Waals surface area contributed by atoms with Gasteiger partial charge in [-0.1, -0.05) is 30.3 Å². The molecule has 16 heavy (non-hydrogen) atoms. The maximum absolute atomic E-state index is 5.20. The summed E-state index contributed by atoms with van der Waals surface area (Å²) < 4.78 is 0. The Hall–Kier alpha value is -1.94. The average molecular weight is 209 g/mol. The smallest absolute Gasteiger partial charge is 0.0346 e. The molecule has 0 radical (unpaired) electrons. The van der Waals surface area contributed by atoms with Crippen LogP contribution < -0.4 is 5.32 Å². The summed E-state index contributed by atoms with van der Waals surface area (Å²) in [5.41, 5.74) is 1.16. The highest BCUT2D eigenvalue weighted by molar-refractivity contribution is 5.85. The Morgan fingerprint density at radius 1 is 1.06 bits per heavy atom. The minimum Gasteiger partial charge on any atom is -0.385 e. The van der Waals surface area contributed by atoms with Gasteiger partial charge in [0.2, 0.25) is 0 Å². The van der Waals surface area contributed by atoms with Crippen LogP contribution in [0.1, 0.15) is 12.8 Å². The molecule has 1 heteroatoms. The van der Waals surface area contributed by atoms with Crippen LogP contribution in [0.4, 0.5) is 5.69 Å². The molecule has 0 fully saturated rings. The molecule has 0 heterocycles. The SMILES string of the molecule is C#CCCCNc1ccc2ccccc2c1. The topological polar surface area (TPSA) is 12.0 Å². The quantitative estimate of drug-likeness (QED) is 0.598. The summed E-state index contributed by atoms with van der Waals surface area (Å²) in [6, 6.07) is 14.8. The van der Waals surface area contributed by atoms with Gasteiger partial charge in [-0.05, 0) is 29.3 Å². The number of benzene rings is 2. The van der Waals surface area contributed by atoms with Gasteiger partial charge in [0.25, 0.3) is 0 Å². The second-order valence-corrected chi connectivity index (χ2v) is 3.80. The van der Waals surface area contributed by atoms with E-state index in [0.717, 1.165) is 25.1 Å². The van der Waals surface area contributed by atoms with E-state index in [1.54, 1.807) is 0 Å². The van der Waals surface area contributed by atoms with Gasteiger partial charge in [-0.25, -0.2) is 0 Å². The Balaban J connectivity index is 2.05. The second-order valence-electron chi connectivity index (χ2n) is 3.80. The molecule has 0 atom stereocenters. The number of hydrogen-bond donors (Lipinski definition) is 1. The monoisotopic (exact) mass is 209 g/mol. The van der Waals surface area contributed by atoms with Crippen LogP contribution >= 0.6 is 0 Å². The van der Waals surface area contributed by atoms with Crippen molar-refractivity contribution in [1.82, 2.24) is 0 Å². The highest BCUT2D eigenvalue weighted by Gasteiger charge is 1.94. The van der Waals surface area contributed by atoms with Crippen molar-refractivity contribution in [3.8, 4) is 12.3 Å². The van der Waals surface area contributed by atoms with Gasteiger partial charge in [-0.3, -0.25) is 0 Å². The summed E-state index contributed by atoms with van der Waals surface area (Å²) in [6.45, 7) is 0.933. The van der Waals surface area contributed by atoms with Crippen LogP contribution in [-0.2, 0) is 0 Å². The van der Waals surface area contributed by atoms with Crippen LogP contribution in [0.3, 0.4) is 0 Å². The number of rotatable bonds is 4. The van der Waals surface area contributed by atoms with E-state index in [0.29, 0.717) is 0 Å². The molecule has 0 aliphatic heterocycles. The average Bonchev–Trinajstić information content (AvgIpc) is 2.34. The molecule has 0 aromatic heterocycles. The highest BCUT2D eigenvalue weighted by Crippen LogP contribution is 2.18. The zero-order valence-corrected chi connectivity index (χ0v) is 9.24. The summed E-state index contributed by atoms with van der Waals surface area (Å²) in [5, 5.41) is 5.92. The standard InChI is InChI=1S/C15H15N/c1-2-3-6-11-16-15-10-9-13-7-4-5-8-14(13)12-15/h1,4-5,7-10,12,16H,3,6,11H2. The lowest BCUT2D eigenvalue weighted by Crippen LogP contribution is -2.00. The molecular weight excluding hydrogens is 194 g/mol. The van der Waals surface area contributed by atoms with Gasteiger partial charge in [0.05, 0.1) is 0 Å². The first-order valence-corrected chi connectivity index (χ1v) is 5.56. The first kappa shape index (κ1) is 10.6. The fourth-order valence-electron chi connectivity index (χ4n) is 1.72. The van der Waals surface area contributed by atoms with Gasteiger partial charge >= 0.3 is 0 Å². The maximum Gasteiger partial charge on any atom is 0.0346 e. The van der Waals surface area contributed by atoms with Crippen LogP contribution in [-0.4, -0.2) is 6.54 Å². The number of unbranched alkanes of at least 4 members (excludes halogenated alkanes) is 1. The first-order valence-electron chi connectivity index (χ1n) is 5.56. The molecule has 0 unspecified atom stereocenters. The second kappa shape index (κ2) is 5.23. The first-order chi connectivity index (χ1) is 7.90. The van der Waals surface area contributed by atoms with Crippen LogP contribution in [0.15, 0.2) is 42.5 Å². The summed E-state index contributed by atoms with van der Waals surface area (Å²) in [5.74, 6) is 2.64. The van der Waals surface area contributed by atoms with E-state index in [4.69, 9.17) is 6.42 Å².